The highest BCUT2D eigenvalue weighted by atomic mass is 19.4. The fraction of sp³-hybridized carbons (Fsp3) is 0.417. The number of ether oxygens (including phenoxy) is 1. The van der Waals surface area contributed by atoms with Crippen LogP contribution in [0.15, 0.2) is 42.6 Å². The van der Waals surface area contributed by atoms with Gasteiger partial charge in [-0.2, -0.15) is 0 Å². The molecule has 0 radical (unpaired) electrons. The number of hydrogen-bond acceptors (Lipinski definition) is 6. The summed E-state index contributed by atoms with van der Waals surface area (Å²) in [5.41, 5.74) is 0.111. The molecule has 1 aliphatic carbocycles. The van der Waals surface area contributed by atoms with Gasteiger partial charge in [-0.05, 0) is 61.9 Å². The number of piperazine rings is 1. The number of alkyl halides is 3. The van der Waals surface area contributed by atoms with E-state index in [1.165, 1.54) is 23.2 Å². The average Bonchev–Trinajstić information content (AvgIpc) is 3.61. The number of nitrogens with zero attached hydrogens (tertiary/aromatic N) is 5. The van der Waals surface area contributed by atoms with Crippen molar-refractivity contribution in [2.45, 2.75) is 31.3 Å². The zero-order valence-electron chi connectivity index (χ0n) is 19.5. The van der Waals surface area contributed by atoms with Crippen molar-refractivity contribution in [2.24, 2.45) is 0 Å². The molecule has 0 unspecified atom stereocenters. The third-order valence-corrected chi connectivity index (χ3v) is 6.77. The van der Waals surface area contributed by atoms with Crippen LogP contribution in [0.25, 0.3) is 0 Å². The maximum absolute atomic E-state index is 13.3. The Kier molecular flexibility index (Phi) is 5.86. The minimum Gasteiger partial charge on any atom is -0.406 e. The Balaban J connectivity index is 1.33. The summed E-state index contributed by atoms with van der Waals surface area (Å²) in [7, 11) is 2.00. The number of likely N-dealkylation sites (N-methyl/N-ethyl adjacent to an activating group) is 1. The van der Waals surface area contributed by atoms with E-state index in [4.69, 9.17) is 0 Å². The van der Waals surface area contributed by atoms with E-state index in [2.05, 4.69) is 14.6 Å². The van der Waals surface area contributed by atoms with Crippen molar-refractivity contribution in [2.75, 3.05) is 38.1 Å². The van der Waals surface area contributed by atoms with Crippen LogP contribution in [0.5, 0.6) is 5.75 Å². The molecule has 5 rings (SSSR count). The number of imide groups is 1. The summed E-state index contributed by atoms with van der Waals surface area (Å²) >= 11 is 0. The topological polar surface area (TPSA) is 86.3 Å². The number of carbonyl (C=O) groups is 3. The van der Waals surface area contributed by atoms with Crippen LogP contribution >= 0.6 is 0 Å². The molecule has 0 atom stereocenters. The maximum atomic E-state index is 13.3. The van der Waals surface area contributed by atoms with Gasteiger partial charge in [0.2, 0.25) is 0 Å². The Hall–Kier alpha value is -3.67. The first kappa shape index (κ1) is 24.0. The Morgan fingerprint density at radius 3 is 2.33 bits per heavy atom. The summed E-state index contributed by atoms with van der Waals surface area (Å²) in [4.78, 5) is 50.0. The van der Waals surface area contributed by atoms with Crippen LogP contribution in [0.3, 0.4) is 0 Å². The van der Waals surface area contributed by atoms with Crippen LogP contribution in [0.2, 0.25) is 0 Å². The summed E-state index contributed by atoms with van der Waals surface area (Å²) in [6.45, 7) is 2.85. The summed E-state index contributed by atoms with van der Waals surface area (Å²) in [6, 6.07) is 7.38. The second kappa shape index (κ2) is 8.77. The Morgan fingerprint density at radius 2 is 1.72 bits per heavy atom. The highest BCUT2D eigenvalue weighted by Gasteiger charge is 2.65. The van der Waals surface area contributed by atoms with Gasteiger partial charge < -0.3 is 19.4 Å². The lowest BCUT2D eigenvalue weighted by Crippen LogP contribution is -2.47. The van der Waals surface area contributed by atoms with Gasteiger partial charge in [-0.15, -0.1) is 13.2 Å². The van der Waals surface area contributed by atoms with Crippen LogP contribution < -0.4 is 9.64 Å². The standard InChI is InChI=1S/C24H24F3N5O4/c1-29-10-12-30(13-11-29)20(33)19-14-16(6-9-28-19)15-31-22(35)32(21(34)23(31)7-8-23)17-2-4-18(5-3-17)36-24(25,26)27/h2-6,9,14H,7-8,10-13,15H2,1H3. The van der Waals surface area contributed by atoms with Crippen molar-refractivity contribution < 1.29 is 32.3 Å². The molecular weight excluding hydrogens is 479 g/mol. The number of anilines is 1. The van der Waals surface area contributed by atoms with E-state index in [9.17, 15) is 27.6 Å². The highest BCUT2D eigenvalue weighted by Crippen LogP contribution is 2.49. The fourth-order valence-electron chi connectivity index (χ4n) is 4.60. The molecular formula is C24H24F3N5O4. The average molecular weight is 503 g/mol. The van der Waals surface area contributed by atoms with Crippen molar-refractivity contribution in [1.82, 2.24) is 19.7 Å². The van der Waals surface area contributed by atoms with Crippen molar-refractivity contribution in [3.05, 3.63) is 53.9 Å². The molecule has 12 heteroatoms. The smallest absolute Gasteiger partial charge is 0.406 e. The van der Waals surface area contributed by atoms with Gasteiger partial charge in [0.15, 0.2) is 0 Å². The summed E-state index contributed by atoms with van der Waals surface area (Å²) in [6.07, 6.45) is -2.36. The maximum Gasteiger partial charge on any atom is 0.573 e. The number of halogens is 3. The van der Waals surface area contributed by atoms with Crippen molar-refractivity contribution >= 4 is 23.5 Å². The zero-order valence-corrected chi connectivity index (χ0v) is 19.5. The monoisotopic (exact) mass is 503 g/mol. The lowest BCUT2D eigenvalue weighted by Gasteiger charge is -2.32. The van der Waals surface area contributed by atoms with E-state index in [0.717, 1.165) is 30.1 Å². The number of rotatable bonds is 5. The molecule has 3 aliphatic rings. The van der Waals surface area contributed by atoms with Crippen LogP contribution in [-0.2, 0) is 11.3 Å². The van der Waals surface area contributed by atoms with Gasteiger partial charge >= 0.3 is 12.4 Å². The molecule has 0 N–H and O–H groups in total. The largest absolute Gasteiger partial charge is 0.573 e. The van der Waals surface area contributed by atoms with E-state index in [1.807, 2.05) is 7.05 Å². The fourth-order valence-corrected chi connectivity index (χ4v) is 4.60. The minimum absolute atomic E-state index is 0.0991. The normalized spacial score (nSPS) is 19.8. The lowest BCUT2D eigenvalue weighted by molar-refractivity contribution is -0.274. The second-order valence-corrected chi connectivity index (χ2v) is 9.23. The molecule has 4 amide bonds. The lowest BCUT2D eigenvalue weighted by atomic mass is 10.1. The summed E-state index contributed by atoms with van der Waals surface area (Å²) in [5, 5.41) is 0. The highest BCUT2D eigenvalue weighted by molar-refractivity contribution is 6.24. The molecule has 36 heavy (non-hydrogen) atoms. The Bertz CT molecular complexity index is 1190. The molecule has 9 nitrogen and oxygen atoms in total. The first-order valence-corrected chi connectivity index (χ1v) is 11.5. The van der Waals surface area contributed by atoms with E-state index < -0.39 is 29.6 Å². The first-order chi connectivity index (χ1) is 17.1. The molecule has 2 aliphatic heterocycles. The van der Waals surface area contributed by atoms with Crippen LogP contribution in [-0.4, -0.2) is 82.7 Å². The first-order valence-electron chi connectivity index (χ1n) is 11.5. The molecule has 190 valence electrons. The van der Waals surface area contributed by atoms with Gasteiger partial charge in [0, 0.05) is 38.9 Å². The molecule has 1 aromatic heterocycles. The van der Waals surface area contributed by atoms with E-state index >= 15 is 0 Å². The van der Waals surface area contributed by atoms with Crippen molar-refractivity contribution in [3.63, 3.8) is 0 Å². The third kappa shape index (κ3) is 4.48. The second-order valence-electron chi connectivity index (χ2n) is 9.23. The molecule has 3 fully saturated rings. The molecule has 2 saturated heterocycles. The molecule has 3 heterocycles. The Morgan fingerprint density at radius 1 is 1.06 bits per heavy atom. The van der Waals surface area contributed by atoms with Crippen molar-refractivity contribution in [1.29, 1.82) is 0 Å². The molecule has 2 aromatic rings. The van der Waals surface area contributed by atoms with Crippen LogP contribution in [0, 0.1) is 0 Å². The van der Waals surface area contributed by atoms with Gasteiger partial charge in [0.1, 0.15) is 17.0 Å². The number of amides is 4. The quantitative estimate of drug-likeness (QED) is 0.584. The van der Waals surface area contributed by atoms with E-state index in [1.54, 1.807) is 17.0 Å². The zero-order chi connectivity index (χ0) is 25.7. The number of hydrogen-bond donors (Lipinski definition) is 0. The molecule has 1 aromatic carbocycles. The van der Waals surface area contributed by atoms with Gasteiger partial charge in [-0.1, -0.05) is 0 Å². The number of carbonyl (C=O) groups excluding carboxylic acids is 3. The predicted octanol–water partition coefficient (Wildman–Crippen LogP) is 2.87. The SMILES string of the molecule is CN1CCN(C(=O)c2cc(CN3C(=O)N(c4ccc(OC(F)(F)F)cc4)C(=O)C34CC4)ccn2)CC1. The number of urea groups is 1. The van der Waals surface area contributed by atoms with Gasteiger partial charge in [-0.25, -0.2) is 9.69 Å². The molecule has 0 bridgehead atoms. The minimum atomic E-state index is -4.84. The third-order valence-electron chi connectivity index (χ3n) is 6.77. The van der Waals surface area contributed by atoms with E-state index in [-0.39, 0.29) is 23.8 Å². The van der Waals surface area contributed by atoms with Gasteiger partial charge in [0.25, 0.3) is 11.8 Å². The van der Waals surface area contributed by atoms with Crippen LogP contribution in [0.4, 0.5) is 23.7 Å². The molecule has 1 saturated carbocycles. The van der Waals surface area contributed by atoms with E-state index in [0.29, 0.717) is 31.5 Å². The molecule has 1 spiro atoms. The summed E-state index contributed by atoms with van der Waals surface area (Å²) < 4.78 is 41.2. The van der Waals surface area contributed by atoms with Gasteiger partial charge in [0.05, 0.1) is 5.69 Å². The Labute approximate surface area is 205 Å². The predicted molar refractivity (Wildman–Crippen MR) is 121 cm³/mol. The number of pyridine rings is 1. The summed E-state index contributed by atoms with van der Waals surface area (Å²) in [5.74, 6) is -1.05. The van der Waals surface area contributed by atoms with Crippen LogP contribution in [0.1, 0.15) is 28.9 Å². The number of benzene rings is 1. The van der Waals surface area contributed by atoms with Gasteiger partial charge in [-0.3, -0.25) is 14.6 Å². The van der Waals surface area contributed by atoms with Crippen molar-refractivity contribution in [3.8, 4) is 5.75 Å². The number of aromatic nitrogens is 1.